The maximum Gasteiger partial charge on any atom is 0.128 e. The molecule has 19 heavy (non-hydrogen) atoms. The van der Waals surface area contributed by atoms with Gasteiger partial charge in [0.1, 0.15) is 5.75 Å². The molecule has 0 saturated heterocycles. The number of aryl methyl sites for hydroxylation is 1. The van der Waals surface area contributed by atoms with Crippen molar-refractivity contribution in [3.63, 3.8) is 0 Å². The number of nitrogens with zero attached hydrogens (tertiary/aromatic N) is 1. The fourth-order valence-corrected chi connectivity index (χ4v) is 2.18. The van der Waals surface area contributed by atoms with Crippen LogP contribution in [0, 0.1) is 10.5 Å². The third-order valence-corrected chi connectivity index (χ3v) is 3.89. The molecule has 3 heteroatoms. The monoisotopic (exact) mass is 365 g/mol. The van der Waals surface area contributed by atoms with Crippen molar-refractivity contribution in [3.8, 4) is 5.75 Å². The summed E-state index contributed by atoms with van der Waals surface area (Å²) in [6.07, 6.45) is 1.85. The molecule has 2 aromatic rings. The Balaban J connectivity index is 2.24. The van der Waals surface area contributed by atoms with Crippen LogP contribution in [0.4, 0.5) is 5.69 Å². The number of halogens is 1. The van der Waals surface area contributed by atoms with Crippen LogP contribution >= 0.6 is 22.6 Å². The topological polar surface area (TPSA) is 21.6 Å². The number of hydrogen-bond acceptors (Lipinski definition) is 2. The lowest BCUT2D eigenvalue weighted by atomic mass is 10.2. The second kappa shape index (κ2) is 6.70. The van der Waals surface area contributed by atoms with Gasteiger partial charge >= 0.3 is 0 Å². The van der Waals surface area contributed by atoms with Gasteiger partial charge in [-0.1, -0.05) is 18.2 Å². The molecule has 0 bridgehead atoms. The Hall–Kier alpha value is -1.36. The summed E-state index contributed by atoms with van der Waals surface area (Å²) in [7, 11) is 0. The fourth-order valence-electron chi connectivity index (χ4n) is 1.68. The summed E-state index contributed by atoms with van der Waals surface area (Å²) in [6, 6.07) is 14.1. The van der Waals surface area contributed by atoms with Gasteiger partial charge < -0.3 is 4.74 Å². The lowest BCUT2D eigenvalue weighted by molar-refractivity contribution is 0.340. The van der Waals surface area contributed by atoms with Gasteiger partial charge in [-0.2, -0.15) is 0 Å². The van der Waals surface area contributed by atoms with E-state index in [1.165, 1.54) is 9.13 Å². The Kier molecular flexibility index (Phi) is 4.96. The van der Waals surface area contributed by atoms with E-state index in [1.807, 2.05) is 43.5 Å². The molecule has 2 nitrogen and oxygen atoms in total. The molecule has 98 valence electrons. The van der Waals surface area contributed by atoms with Crippen LogP contribution < -0.4 is 4.74 Å². The zero-order valence-corrected chi connectivity index (χ0v) is 13.2. The molecule has 2 rings (SSSR count). The Morgan fingerprint density at radius 3 is 2.74 bits per heavy atom. The van der Waals surface area contributed by atoms with Gasteiger partial charge in [-0.25, -0.2) is 0 Å². The molecule has 0 unspecified atom stereocenters. The van der Waals surface area contributed by atoms with Gasteiger partial charge in [0.25, 0.3) is 0 Å². The standard InChI is InChI=1S/C16H16INO/c1-3-19-16-7-5-4-6-13(16)11-18-14-9-8-12(2)15(17)10-14/h4-11H,3H2,1-2H3. The van der Waals surface area contributed by atoms with E-state index in [9.17, 15) is 0 Å². The summed E-state index contributed by atoms with van der Waals surface area (Å²) >= 11 is 2.33. The van der Waals surface area contributed by atoms with Crippen molar-refractivity contribution < 1.29 is 4.74 Å². The average Bonchev–Trinajstić information content (AvgIpc) is 2.42. The molecule has 0 spiro atoms. The summed E-state index contributed by atoms with van der Waals surface area (Å²) in [6.45, 7) is 4.74. The lowest BCUT2D eigenvalue weighted by Crippen LogP contribution is -1.95. The minimum absolute atomic E-state index is 0.660. The maximum atomic E-state index is 5.58. The van der Waals surface area contributed by atoms with Crippen molar-refractivity contribution in [2.45, 2.75) is 13.8 Å². The largest absolute Gasteiger partial charge is 0.493 e. The van der Waals surface area contributed by atoms with Gasteiger partial charge in [0.05, 0.1) is 12.3 Å². The zero-order valence-electron chi connectivity index (χ0n) is 11.1. The molecule has 0 N–H and O–H groups in total. The summed E-state index contributed by atoms with van der Waals surface area (Å²) < 4.78 is 6.80. The first kappa shape index (κ1) is 14.1. The van der Waals surface area contributed by atoms with Gasteiger partial charge in [0.2, 0.25) is 0 Å². The number of benzene rings is 2. The molecule has 0 atom stereocenters. The second-order valence-corrected chi connectivity index (χ2v) is 5.32. The van der Waals surface area contributed by atoms with E-state index in [0.717, 1.165) is 17.0 Å². The minimum Gasteiger partial charge on any atom is -0.493 e. The van der Waals surface area contributed by atoms with Crippen LogP contribution in [0.2, 0.25) is 0 Å². The first-order valence-electron chi connectivity index (χ1n) is 6.22. The normalized spacial score (nSPS) is 10.9. The average molecular weight is 365 g/mol. The van der Waals surface area contributed by atoms with Crippen LogP contribution in [-0.2, 0) is 0 Å². The Labute approximate surface area is 127 Å². The van der Waals surface area contributed by atoms with E-state index < -0.39 is 0 Å². The fraction of sp³-hybridized carbons (Fsp3) is 0.188. The van der Waals surface area contributed by atoms with Gasteiger partial charge in [-0.05, 0) is 66.3 Å². The molecule has 0 saturated carbocycles. The van der Waals surface area contributed by atoms with Gasteiger partial charge in [-0.3, -0.25) is 4.99 Å². The highest BCUT2D eigenvalue weighted by Gasteiger charge is 1.99. The number of rotatable bonds is 4. The van der Waals surface area contributed by atoms with E-state index in [4.69, 9.17) is 4.74 Å². The van der Waals surface area contributed by atoms with E-state index in [-0.39, 0.29) is 0 Å². The van der Waals surface area contributed by atoms with Crippen LogP contribution in [0.3, 0.4) is 0 Å². The van der Waals surface area contributed by atoms with Crippen LogP contribution in [0.5, 0.6) is 5.75 Å². The van der Waals surface area contributed by atoms with Crippen molar-refractivity contribution in [3.05, 3.63) is 57.2 Å². The SMILES string of the molecule is CCOc1ccccc1C=Nc1ccc(C)c(I)c1. The highest BCUT2D eigenvalue weighted by molar-refractivity contribution is 14.1. The van der Waals surface area contributed by atoms with E-state index in [1.54, 1.807) is 0 Å². The highest BCUT2D eigenvalue weighted by Crippen LogP contribution is 2.21. The van der Waals surface area contributed by atoms with Crippen molar-refractivity contribution >= 4 is 34.5 Å². The molecule has 0 radical (unpaired) electrons. The van der Waals surface area contributed by atoms with E-state index in [0.29, 0.717) is 6.61 Å². The molecule has 0 aliphatic carbocycles. The van der Waals surface area contributed by atoms with E-state index >= 15 is 0 Å². The molecule has 0 heterocycles. The number of ether oxygens (including phenoxy) is 1. The second-order valence-electron chi connectivity index (χ2n) is 4.16. The quantitative estimate of drug-likeness (QED) is 0.566. The Morgan fingerprint density at radius 2 is 2.00 bits per heavy atom. The van der Waals surface area contributed by atoms with Gasteiger partial charge in [0.15, 0.2) is 0 Å². The number of hydrogen-bond donors (Lipinski definition) is 0. The third kappa shape index (κ3) is 3.80. The van der Waals surface area contributed by atoms with Crippen molar-refractivity contribution in [2.24, 2.45) is 4.99 Å². The molecular formula is C16H16INO. The summed E-state index contributed by atoms with van der Waals surface area (Å²) in [5.74, 6) is 0.871. The van der Waals surface area contributed by atoms with Crippen LogP contribution in [0.25, 0.3) is 0 Å². The molecular weight excluding hydrogens is 349 g/mol. The predicted octanol–water partition coefficient (Wildman–Crippen LogP) is 4.75. The number of para-hydroxylation sites is 1. The Bertz CT molecular complexity index is 593. The zero-order chi connectivity index (χ0) is 13.7. The van der Waals surface area contributed by atoms with Crippen LogP contribution in [-0.4, -0.2) is 12.8 Å². The van der Waals surface area contributed by atoms with Gasteiger partial charge in [0, 0.05) is 15.3 Å². The third-order valence-electron chi connectivity index (χ3n) is 2.73. The summed E-state index contributed by atoms with van der Waals surface area (Å²) in [5.41, 5.74) is 3.23. The molecule has 0 aliphatic rings. The number of aliphatic imine (C=N–C) groups is 1. The predicted molar refractivity (Wildman–Crippen MR) is 88.8 cm³/mol. The van der Waals surface area contributed by atoms with Crippen LogP contribution in [0.15, 0.2) is 47.5 Å². The van der Waals surface area contributed by atoms with Crippen molar-refractivity contribution in [2.75, 3.05) is 6.61 Å². The van der Waals surface area contributed by atoms with Crippen LogP contribution in [0.1, 0.15) is 18.1 Å². The lowest BCUT2D eigenvalue weighted by Gasteiger charge is -2.06. The summed E-state index contributed by atoms with van der Waals surface area (Å²) in [5, 5.41) is 0. The first-order valence-corrected chi connectivity index (χ1v) is 7.30. The Morgan fingerprint density at radius 1 is 1.21 bits per heavy atom. The minimum atomic E-state index is 0.660. The molecule has 2 aromatic carbocycles. The maximum absolute atomic E-state index is 5.58. The highest BCUT2D eigenvalue weighted by atomic mass is 127. The smallest absolute Gasteiger partial charge is 0.128 e. The summed E-state index contributed by atoms with van der Waals surface area (Å²) in [4.78, 5) is 4.51. The molecule has 0 fully saturated rings. The van der Waals surface area contributed by atoms with Gasteiger partial charge in [-0.15, -0.1) is 0 Å². The van der Waals surface area contributed by atoms with E-state index in [2.05, 4.69) is 46.6 Å². The molecule has 0 aromatic heterocycles. The van der Waals surface area contributed by atoms with Crippen molar-refractivity contribution in [1.29, 1.82) is 0 Å². The molecule has 0 aliphatic heterocycles. The van der Waals surface area contributed by atoms with Crippen molar-refractivity contribution in [1.82, 2.24) is 0 Å². The first-order chi connectivity index (χ1) is 9.20. The molecule has 0 amide bonds.